The van der Waals surface area contributed by atoms with E-state index in [0.717, 1.165) is 9.88 Å². The monoisotopic (exact) mass is 242 g/mol. The summed E-state index contributed by atoms with van der Waals surface area (Å²) in [6.45, 7) is 6.29. The Morgan fingerprint density at radius 1 is 1.56 bits per heavy atom. The molecule has 90 valence electrons. The van der Waals surface area contributed by atoms with E-state index >= 15 is 0 Å². The molecule has 1 rings (SSSR count). The van der Waals surface area contributed by atoms with Gasteiger partial charge in [-0.25, -0.2) is 4.98 Å². The molecule has 0 unspecified atom stereocenters. The Morgan fingerprint density at radius 3 is 2.56 bits per heavy atom. The molecule has 0 bridgehead atoms. The van der Waals surface area contributed by atoms with Crippen molar-refractivity contribution in [3.05, 3.63) is 16.1 Å². The molecule has 0 aliphatic rings. The molecule has 0 atom stereocenters. The number of aliphatic carboxylic acids is 1. The zero-order chi connectivity index (χ0) is 12.2. The second-order valence-corrected chi connectivity index (χ2v) is 5.11. The Bertz CT molecular complexity index is 359. The van der Waals surface area contributed by atoms with Crippen molar-refractivity contribution < 1.29 is 9.90 Å². The maximum atomic E-state index is 11.2. The Morgan fingerprint density at radius 2 is 2.19 bits per heavy atom. The minimum Gasteiger partial charge on any atom is -0.480 e. The van der Waals surface area contributed by atoms with Gasteiger partial charge in [0.25, 0.3) is 0 Å². The highest BCUT2D eigenvalue weighted by atomic mass is 32.1. The molecular weight excluding hydrogens is 224 g/mol. The summed E-state index contributed by atoms with van der Waals surface area (Å²) in [7, 11) is 0. The molecular formula is C11H18N2O2S. The number of nitrogens with one attached hydrogen (secondary N) is 1. The van der Waals surface area contributed by atoms with Crippen molar-refractivity contribution in [2.75, 3.05) is 0 Å². The number of nitrogens with zero attached hydrogens (tertiary/aromatic N) is 1. The van der Waals surface area contributed by atoms with E-state index in [0.29, 0.717) is 19.4 Å². The van der Waals surface area contributed by atoms with Crippen LogP contribution in [-0.4, -0.2) is 21.6 Å². The smallest absolute Gasteiger partial charge is 0.323 e. The first-order valence-corrected chi connectivity index (χ1v) is 6.25. The number of carboxylic acid groups (broad SMARTS) is 1. The van der Waals surface area contributed by atoms with Gasteiger partial charge in [-0.2, -0.15) is 0 Å². The largest absolute Gasteiger partial charge is 0.480 e. The van der Waals surface area contributed by atoms with Crippen LogP contribution < -0.4 is 5.32 Å². The van der Waals surface area contributed by atoms with E-state index in [-0.39, 0.29) is 0 Å². The Labute approximate surface area is 99.7 Å². The summed E-state index contributed by atoms with van der Waals surface area (Å²) >= 11 is 1.59. The van der Waals surface area contributed by atoms with E-state index in [1.54, 1.807) is 17.5 Å². The van der Waals surface area contributed by atoms with Gasteiger partial charge in [-0.1, -0.05) is 13.8 Å². The molecule has 0 radical (unpaired) electrons. The molecule has 2 N–H and O–H groups in total. The van der Waals surface area contributed by atoms with Crippen LogP contribution in [0.3, 0.4) is 0 Å². The predicted molar refractivity (Wildman–Crippen MR) is 64.6 cm³/mol. The predicted octanol–water partition coefficient (Wildman–Crippen LogP) is 2.18. The average Bonchev–Trinajstić information content (AvgIpc) is 2.66. The highest BCUT2D eigenvalue weighted by Crippen LogP contribution is 2.18. The molecule has 0 amide bonds. The van der Waals surface area contributed by atoms with Crippen LogP contribution in [-0.2, 0) is 11.3 Å². The van der Waals surface area contributed by atoms with Gasteiger partial charge >= 0.3 is 5.97 Å². The van der Waals surface area contributed by atoms with Gasteiger partial charge in [0.05, 0.1) is 5.01 Å². The fourth-order valence-corrected chi connectivity index (χ4v) is 2.36. The first-order valence-electron chi connectivity index (χ1n) is 5.43. The summed E-state index contributed by atoms with van der Waals surface area (Å²) in [5.41, 5.74) is -0.808. The Balaban J connectivity index is 2.67. The summed E-state index contributed by atoms with van der Waals surface area (Å²) in [6.07, 6.45) is 2.96. The van der Waals surface area contributed by atoms with Crippen LogP contribution in [0.1, 0.15) is 36.6 Å². The number of aromatic nitrogens is 1. The second-order valence-electron chi connectivity index (χ2n) is 3.79. The summed E-state index contributed by atoms with van der Waals surface area (Å²) in [6, 6.07) is 0. The van der Waals surface area contributed by atoms with Crippen molar-refractivity contribution >= 4 is 17.3 Å². The van der Waals surface area contributed by atoms with Gasteiger partial charge in [0.15, 0.2) is 0 Å². The first kappa shape index (κ1) is 13.1. The number of aryl methyl sites for hydroxylation is 1. The maximum Gasteiger partial charge on any atom is 0.323 e. The van der Waals surface area contributed by atoms with E-state index in [1.807, 2.05) is 20.8 Å². The summed E-state index contributed by atoms with van der Waals surface area (Å²) in [5, 5.41) is 13.4. The van der Waals surface area contributed by atoms with Crippen LogP contribution in [0.2, 0.25) is 0 Å². The number of carboxylic acids is 1. The highest BCUT2D eigenvalue weighted by Gasteiger charge is 2.34. The van der Waals surface area contributed by atoms with E-state index in [2.05, 4.69) is 10.3 Å². The molecule has 0 aliphatic heterocycles. The minimum absolute atomic E-state index is 0.569. The molecule has 4 nitrogen and oxygen atoms in total. The third-order valence-electron chi connectivity index (χ3n) is 2.89. The lowest BCUT2D eigenvalue weighted by Crippen LogP contribution is -2.50. The molecule has 0 spiro atoms. The maximum absolute atomic E-state index is 11.2. The van der Waals surface area contributed by atoms with Crippen molar-refractivity contribution in [2.24, 2.45) is 0 Å². The van der Waals surface area contributed by atoms with Crippen molar-refractivity contribution in [3.8, 4) is 0 Å². The number of thiazole rings is 1. The van der Waals surface area contributed by atoms with E-state index in [4.69, 9.17) is 0 Å². The lowest BCUT2D eigenvalue weighted by atomic mass is 9.93. The van der Waals surface area contributed by atoms with Gasteiger partial charge in [0.2, 0.25) is 0 Å². The van der Waals surface area contributed by atoms with Crippen LogP contribution in [0, 0.1) is 6.92 Å². The molecule has 0 saturated heterocycles. The van der Waals surface area contributed by atoms with Crippen LogP contribution >= 0.6 is 11.3 Å². The third kappa shape index (κ3) is 2.80. The van der Waals surface area contributed by atoms with Crippen molar-refractivity contribution in [2.45, 2.75) is 45.7 Å². The fraction of sp³-hybridized carbons (Fsp3) is 0.636. The number of hydrogen-bond acceptors (Lipinski definition) is 4. The van der Waals surface area contributed by atoms with E-state index in [1.165, 1.54) is 0 Å². The van der Waals surface area contributed by atoms with Gasteiger partial charge in [-0.15, -0.1) is 11.3 Å². The molecule has 16 heavy (non-hydrogen) atoms. The van der Waals surface area contributed by atoms with Crippen molar-refractivity contribution in [1.82, 2.24) is 10.3 Å². The van der Waals surface area contributed by atoms with Crippen LogP contribution in [0.25, 0.3) is 0 Å². The van der Waals surface area contributed by atoms with E-state index in [9.17, 15) is 9.90 Å². The first-order chi connectivity index (χ1) is 7.54. The second kappa shape index (κ2) is 5.41. The molecule has 0 aromatic carbocycles. The third-order valence-corrected chi connectivity index (χ3v) is 3.80. The van der Waals surface area contributed by atoms with Gasteiger partial charge < -0.3 is 5.11 Å². The molecule has 1 heterocycles. The van der Waals surface area contributed by atoms with Gasteiger partial charge in [0, 0.05) is 17.6 Å². The molecule has 1 aromatic heterocycles. The van der Waals surface area contributed by atoms with Crippen LogP contribution in [0.5, 0.6) is 0 Å². The number of carbonyl (C=O) groups is 1. The van der Waals surface area contributed by atoms with Crippen molar-refractivity contribution in [3.63, 3.8) is 0 Å². The van der Waals surface area contributed by atoms with Crippen molar-refractivity contribution in [1.29, 1.82) is 0 Å². The van der Waals surface area contributed by atoms with Gasteiger partial charge in [-0.05, 0) is 19.8 Å². The lowest BCUT2D eigenvalue weighted by molar-refractivity contribution is -0.145. The molecule has 1 aromatic rings. The zero-order valence-electron chi connectivity index (χ0n) is 9.91. The summed E-state index contributed by atoms with van der Waals surface area (Å²) in [4.78, 5) is 16.5. The molecule has 0 fully saturated rings. The molecule has 0 saturated carbocycles. The lowest BCUT2D eigenvalue weighted by Gasteiger charge is -2.27. The summed E-state index contributed by atoms with van der Waals surface area (Å²) < 4.78 is 0. The number of rotatable bonds is 6. The molecule has 0 aliphatic carbocycles. The average molecular weight is 242 g/mol. The van der Waals surface area contributed by atoms with E-state index < -0.39 is 11.5 Å². The Hall–Kier alpha value is -0.940. The molecule has 5 heteroatoms. The fourth-order valence-electron chi connectivity index (χ4n) is 1.62. The zero-order valence-corrected chi connectivity index (χ0v) is 10.7. The normalized spacial score (nSPS) is 11.7. The SMILES string of the molecule is CCC(CC)(NCc1cnc(C)s1)C(=O)O. The quantitative estimate of drug-likeness (QED) is 0.802. The summed E-state index contributed by atoms with van der Waals surface area (Å²) in [5.74, 6) is -0.779. The minimum atomic E-state index is -0.808. The topological polar surface area (TPSA) is 62.2 Å². The van der Waals surface area contributed by atoms with Gasteiger partial charge in [0.1, 0.15) is 5.54 Å². The highest BCUT2D eigenvalue weighted by molar-refractivity contribution is 7.11. The van der Waals surface area contributed by atoms with Crippen LogP contribution in [0.4, 0.5) is 0 Å². The van der Waals surface area contributed by atoms with Gasteiger partial charge in [-0.3, -0.25) is 10.1 Å². The number of hydrogen-bond donors (Lipinski definition) is 2. The Kier molecular flexibility index (Phi) is 4.44. The van der Waals surface area contributed by atoms with Crippen LogP contribution in [0.15, 0.2) is 6.20 Å². The standard InChI is InChI=1S/C11H18N2O2S/c1-4-11(5-2,10(14)15)13-7-9-6-12-8(3)16-9/h6,13H,4-5,7H2,1-3H3,(H,14,15).